The maximum atomic E-state index is 7.16. The second kappa shape index (κ2) is 1.41. The summed E-state index contributed by atoms with van der Waals surface area (Å²) in [5.41, 5.74) is 0. The summed E-state index contributed by atoms with van der Waals surface area (Å²) in [6.45, 7) is -5.42. The maximum absolute atomic E-state index is 7.16. The smallest absolute Gasteiger partial charge is 0.0428 e. The van der Waals surface area contributed by atoms with E-state index in [0.29, 0.717) is 0 Å². The van der Waals surface area contributed by atoms with Gasteiger partial charge >= 0.3 is 0 Å². The quantitative estimate of drug-likeness (QED) is 0.442. The molecule has 5 heavy (non-hydrogen) atoms. The van der Waals surface area contributed by atoms with E-state index in [9.17, 15) is 0 Å². The zero-order chi connectivity index (χ0) is 10.7. The van der Waals surface area contributed by atoms with E-state index in [1.54, 1.807) is 5.32 Å². The highest BCUT2D eigenvalue weighted by Crippen LogP contribution is 1.90. The van der Waals surface area contributed by atoms with Crippen molar-refractivity contribution in [3.63, 3.8) is 0 Å². The van der Waals surface area contributed by atoms with Gasteiger partial charge in [0, 0.05) is 11.0 Å². The summed E-state index contributed by atoms with van der Waals surface area (Å²) in [5.74, 6) is 0. The van der Waals surface area contributed by atoms with Gasteiger partial charge in [-0.05, 0) is 25.7 Å². The average molecular weight is 79.2 g/mol. The topological polar surface area (TPSA) is 12.0 Å². The first-order valence-corrected chi connectivity index (χ1v) is 1.25. The lowest BCUT2D eigenvalue weighted by molar-refractivity contribution is 0.857. The summed E-state index contributed by atoms with van der Waals surface area (Å²) >= 11 is 0. The van der Waals surface area contributed by atoms with Gasteiger partial charge in [-0.15, -0.1) is 0 Å². The molecule has 0 aromatic rings. The summed E-state index contributed by atoms with van der Waals surface area (Å²) in [6.07, 6.45) is -5.80. The summed E-state index contributed by atoms with van der Waals surface area (Å²) in [7, 11) is 0. The van der Waals surface area contributed by atoms with Crippen molar-refractivity contribution in [2.45, 2.75) is 12.7 Å². The third-order valence-corrected chi connectivity index (χ3v) is 0.312. The third kappa shape index (κ3) is 0.618. The van der Waals surface area contributed by atoms with Crippen LogP contribution in [-0.4, -0.2) is 13.0 Å². The Hall–Kier alpha value is -0.0400. The number of hydrogen-bond donors (Lipinski definition) is 1. The van der Waals surface area contributed by atoms with Crippen molar-refractivity contribution in [3.05, 3.63) is 0 Å². The van der Waals surface area contributed by atoms with Crippen LogP contribution in [0.4, 0.5) is 0 Å². The van der Waals surface area contributed by atoms with Crippen LogP contribution in [0.25, 0.3) is 0 Å². The Balaban J connectivity index is 3.24. The molecular formula is C4H9N. The minimum atomic E-state index is -2.90. The first kappa shape index (κ1) is 0.463. The fourth-order valence-electron chi connectivity index (χ4n) is 0.156. The molecule has 0 aromatic heterocycles. The van der Waals surface area contributed by atoms with E-state index >= 15 is 0 Å². The van der Waals surface area contributed by atoms with Crippen molar-refractivity contribution < 1.29 is 11.0 Å². The molecule has 0 amide bonds. The maximum Gasteiger partial charge on any atom is 0.0428 e. The molecule has 1 saturated heterocycles. The summed E-state index contributed by atoms with van der Waals surface area (Å²) in [6, 6.07) is 0. The molecule has 0 saturated carbocycles. The van der Waals surface area contributed by atoms with E-state index < -0.39 is 25.7 Å². The summed E-state index contributed by atoms with van der Waals surface area (Å²) in [4.78, 5) is 0. The van der Waals surface area contributed by atoms with Gasteiger partial charge in [0.25, 0.3) is 0 Å². The van der Waals surface area contributed by atoms with Gasteiger partial charge in [-0.3, -0.25) is 0 Å². The van der Waals surface area contributed by atoms with Gasteiger partial charge in [0.05, 0.1) is 0 Å². The molecule has 0 bridgehead atoms. The Morgan fingerprint density at radius 2 is 2.00 bits per heavy atom. The molecule has 0 atom stereocenters. The van der Waals surface area contributed by atoms with E-state index in [-0.39, 0.29) is 0 Å². The van der Waals surface area contributed by atoms with Crippen LogP contribution in [0.2, 0.25) is 0 Å². The SMILES string of the molecule is [2H]C1([2H])NC([2H])([2H])C([2H])([2H])C1([2H])[2H]. The lowest BCUT2D eigenvalue weighted by Gasteiger charge is -1.76. The number of nitrogens with one attached hydrogen (secondary N) is 1. The van der Waals surface area contributed by atoms with Gasteiger partial charge in [0.15, 0.2) is 0 Å². The Bertz CT molecular complexity index is 208. The molecule has 30 valence electrons. The molecule has 0 spiro atoms. The fourth-order valence-corrected chi connectivity index (χ4v) is 0.156. The average Bonchev–Trinajstić information content (AvgIpc) is 1.88. The van der Waals surface area contributed by atoms with E-state index in [4.69, 9.17) is 11.0 Å². The van der Waals surface area contributed by atoms with Gasteiger partial charge in [0.1, 0.15) is 0 Å². The van der Waals surface area contributed by atoms with Crippen molar-refractivity contribution in [2.75, 3.05) is 13.0 Å². The van der Waals surface area contributed by atoms with Gasteiger partial charge in [0.2, 0.25) is 0 Å². The van der Waals surface area contributed by atoms with Crippen LogP contribution >= 0.6 is 0 Å². The molecule has 0 unspecified atom stereocenters. The second-order valence-electron chi connectivity index (χ2n) is 0.625. The lowest BCUT2D eigenvalue weighted by Crippen LogP contribution is -2.03. The molecular weight excluding hydrogens is 62.1 g/mol. The van der Waals surface area contributed by atoms with Crippen LogP contribution in [0.15, 0.2) is 0 Å². The Kier molecular flexibility index (Phi) is 0.131. The summed E-state index contributed by atoms with van der Waals surface area (Å²) < 4.78 is 57.0. The molecule has 1 N–H and O–H groups in total. The van der Waals surface area contributed by atoms with Crippen molar-refractivity contribution in [1.82, 2.24) is 5.32 Å². The minimum Gasteiger partial charge on any atom is -0.317 e. The highest BCUT2D eigenvalue weighted by atomic mass is 14.9. The van der Waals surface area contributed by atoms with Crippen LogP contribution in [0.1, 0.15) is 23.7 Å². The summed E-state index contributed by atoms with van der Waals surface area (Å²) in [5, 5.41) is 1.67. The minimum absolute atomic E-state index is 1.67. The Labute approximate surface area is 43.6 Å². The van der Waals surface area contributed by atoms with Gasteiger partial charge < -0.3 is 5.32 Å². The van der Waals surface area contributed by atoms with E-state index in [1.165, 1.54) is 0 Å². The molecule has 1 fully saturated rings. The van der Waals surface area contributed by atoms with Crippen LogP contribution in [0, 0.1) is 0 Å². The number of hydrogen-bond acceptors (Lipinski definition) is 1. The molecule has 1 aliphatic heterocycles. The zero-order valence-electron chi connectivity index (χ0n) is 10.5. The normalized spacial score (nSPS) is 88.0. The Morgan fingerprint density at radius 1 is 1.40 bits per heavy atom. The highest BCUT2D eigenvalue weighted by Gasteiger charge is 1.93. The molecule has 0 aliphatic carbocycles. The monoisotopic (exact) mass is 79.1 g/mol. The zero-order valence-corrected chi connectivity index (χ0v) is 2.50. The van der Waals surface area contributed by atoms with E-state index in [1.807, 2.05) is 0 Å². The number of rotatable bonds is 0. The molecule has 1 heteroatoms. The largest absolute Gasteiger partial charge is 0.317 e. The van der Waals surface area contributed by atoms with E-state index in [0.717, 1.165) is 0 Å². The van der Waals surface area contributed by atoms with Gasteiger partial charge in [-0.2, -0.15) is 0 Å². The van der Waals surface area contributed by atoms with Crippen LogP contribution < -0.4 is 5.32 Å². The second-order valence-corrected chi connectivity index (χ2v) is 0.625. The first-order chi connectivity index (χ1) is 5.46. The molecule has 0 aromatic carbocycles. The predicted octanol–water partition coefficient (Wildman–Crippen LogP) is 0.370. The van der Waals surface area contributed by atoms with E-state index in [2.05, 4.69) is 0 Å². The third-order valence-electron chi connectivity index (χ3n) is 0.312. The molecule has 1 rings (SSSR count). The van der Waals surface area contributed by atoms with Crippen molar-refractivity contribution >= 4 is 0 Å². The van der Waals surface area contributed by atoms with Crippen molar-refractivity contribution in [3.8, 4) is 0 Å². The van der Waals surface area contributed by atoms with Gasteiger partial charge in [-0.25, -0.2) is 0 Å². The van der Waals surface area contributed by atoms with Gasteiger partial charge in [-0.1, -0.05) is 0 Å². The first-order valence-electron chi connectivity index (χ1n) is 5.25. The van der Waals surface area contributed by atoms with Crippen molar-refractivity contribution in [2.24, 2.45) is 0 Å². The Morgan fingerprint density at radius 3 is 2.20 bits per heavy atom. The standard InChI is InChI=1S/C4H9N/c1-2-4-5-3-1/h5H,1-4H2/i1D2,2D2,3D2,4D2. The molecule has 1 heterocycles. The molecule has 1 aliphatic rings. The molecule has 0 radical (unpaired) electrons. The predicted molar refractivity (Wildman–Crippen MR) is 22.1 cm³/mol. The van der Waals surface area contributed by atoms with Crippen LogP contribution in [0.5, 0.6) is 0 Å². The molecule has 1 nitrogen and oxygen atoms in total. The van der Waals surface area contributed by atoms with Crippen LogP contribution in [-0.2, 0) is 0 Å². The van der Waals surface area contributed by atoms with Crippen molar-refractivity contribution in [1.29, 1.82) is 0 Å². The lowest BCUT2D eigenvalue weighted by atomic mass is 10.4. The van der Waals surface area contributed by atoms with Crippen LogP contribution in [0.3, 0.4) is 0 Å². The highest BCUT2D eigenvalue weighted by molar-refractivity contribution is 4.55. The fraction of sp³-hybridized carbons (Fsp3) is 1.00.